The van der Waals surface area contributed by atoms with E-state index in [2.05, 4.69) is 10.6 Å². The van der Waals surface area contributed by atoms with Crippen molar-refractivity contribution in [3.8, 4) is 0 Å². The summed E-state index contributed by atoms with van der Waals surface area (Å²) in [5.74, 6) is 0.245. The summed E-state index contributed by atoms with van der Waals surface area (Å²) >= 11 is 0. The number of benzene rings is 1. The van der Waals surface area contributed by atoms with Gasteiger partial charge >= 0.3 is 0 Å². The molecule has 1 fully saturated rings. The summed E-state index contributed by atoms with van der Waals surface area (Å²) < 4.78 is 0. The van der Waals surface area contributed by atoms with Crippen LogP contribution in [0.5, 0.6) is 0 Å². The topological polar surface area (TPSA) is 104 Å². The van der Waals surface area contributed by atoms with Crippen LogP contribution in [0.3, 0.4) is 0 Å². The fourth-order valence-corrected chi connectivity index (χ4v) is 3.16. The molecule has 1 unspecified atom stereocenters. The number of carbonyl (C=O) groups excluding carboxylic acids is 1. The Kier molecular flexibility index (Phi) is 6.69. The molecular weight excluding hydrogens is 310 g/mol. The molecule has 1 aromatic carbocycles. The molecule has 1 amide bonds. The Labute approximate surface area is 141 Å². The lowest BCUT2D eigenvalue weighted by molar-refractivity contribution is -0.384. The standard InChI is InChI=1S/C17H25N3O4/c1-12(18-14-7-5-13(11-21)6-8-14)9-17(22)19-15-3-2-4-16(10-15)20(23)24/h2-4,10,12-14,18,21H,5-9,11H2,1H3,(H,19,22). The molecule has 24 heavy (non-hydrogen) atoms. The van der Waals surface area contributed by atoms with Gasteiger partial charge < -0.3 is 15.7 Å². The molecule has 0 radical (unpaired) electrons. The lowest BCUT2D eigenvalue weighted by Gasteiger charge is -2.30. The third kappa shape index (κ3) is 5.58. The molecule has 0 spiro atoms. The number of nitro benzene ring substituents is 1. The zero-order valence-corrected chi connectivity index (χ0v) is 13.9. The van der Waals surface area contributed by atoms with Crippen molar-refractivity contribution in [2.24, 2.45) is 5.92 Å². The average Bonchev–Trinajstić information content (AvgIpc) is 2.55. The van der Waals surface area contributed by atoms with Gasteiger partial charge in [-0.2, -0.15) is 0 Å². The summed E-state index contributed by atoms with van der Waals surface area (Å²) in [6.07, 6.45) is 4.37. The van der Waals surface area contributed by atoms with E-state index in [1.807, 2.05) is 6.92 Å². The second-order valence-electron chi connectivity index (χ2n) is 6.53. The van der Waals surface area contributed by atoms with E-state index in [1.54, 1.807) is 12.1 Å². The van der Waals surface area contributed by atoms with Gasteiger partial charge in [0.2, 0.25) is 5.91 Å². The number of hydrogen-bond donors (Lipinski definition) is 3. The van der Waals surface area contributed by atoms with Crippen molar-refractivity contribution in [3.05, 3.63) is 34.4 Å². The SMILES string of the molecule is CC(CC(=O)Nc1cccc([N+](=O)[O-])c1)NC1CCC(CO)CC1. The lowest BCUT2D eigenvalue weighted by atomic mass is 9.86. The first-order valence-corrected chi connectivity index (χ1v) is 8.39. The minimum Gasteiger partial charge on any atom is -0.396 e. The van der Waals surface area contributed by atoms with E-state index in [-0.39, 0.29) is 24.2 Å². The maximum atomic E-state index is 12.1. The zero-order valence-electron chi connectivity index (χ0n) is 13.9. The summed E-state index contributed by atoms with van der Waals surface area (Å²) in [4.78, 5) is 22.4. The number of aliphatic hydroxyl groups excluding tert-OH is 1. The number of carbonyl (C=O) groups is 1. The van der Waals surface area contributed by atoms with E-state index >= 15 is 0 Å². The Bertz CT molecular complexity index is 571. The molecule has 3 N–H and O–H groups in total. The van der Waals surface area contributed by atoms with E-state index in [4.69, 9.17) is 5.11 Å². The highest BCUT2D eigenvalue weighted by atomic mass is 16.6. The van der Waals surface area contributed by atoms with Crippen LogP contribution in [0.25, 0.3) is 0 Å². The van der Waals surface area contributed by atoms with E-state index in [0.29, 0.717) is 24.1 Å². The van der Waals surface area contributed by atoms with E-state index in [0.717, 1.165) is 25.7 Å². The van der Waals surface area contributed by atoms with Crippen LogP contribution in [0.2, 0.25) is 0 Å². The largest absolute Gasteiger partial charge is 0.396 e. The van der Waals surface area contributed by atoms with Gasteiger partial charge in [-0.15, -0.1) is 0 Å². The predicted molar refractivity (Wildman–Crippen MR) is 91.8 cm³/mol. The second kappa shape index (κ2) is 8.75. The monoisotopic (exact) mass is 335 g/mol. The number of nitrogens with one attached hydrogen (secondary N) is 2. The molecule has 0 bridgehead atoms. The van der Waals surface area contributed by atoms with Gasteiger partial charge in [-0.3, -0.25) is 14.9 Å². The van der Waals surface area contributed by atoms with Crippen LogP contribution < -0.4 is 10.6 Å². The number of aliphatic hydroxyl groups is 1. The van der Waals surface area contributed by atoms with Crippen molar-refractivity contribution in [1.29, 1.82) is 0 Å². The normalized spacial score (nSPS) is 21.9. The van der Waals surface area contributed by atoms with Crippen molar-refractivity contribution >= 4 is 17.3 Å². The van der Waals surface area contributed by atoms with Gasteiger partial charge in [0, 0.05) is 42.9 Å². The molecular formula is C17H25N3O4. The molecule has 7 nitrogen and oxygen atoms in total. The molecule has 1 aromatic rings. The smallest absolute Gasteiger partial charge is 0.271 e. The molecule has 0 saturated heterocycles. The van der Waals surface area contributed by atoms with Crippen LogP contribution in [-0.4, -0.2) is 34.6 Å². The van der Waals surface area contributed by atoms with Crippen molar-refractivity contribution in [2.45, 2.75) is 51.1 Å². The number of non-ortho nitro benzene ring substituents is 1. The van der Waals surface area contributed by atoms with Crippen LogP contribution in [0.1, 0.15) is 39.0 Å². The van der Waals surface area contributed by atoms with Gasteiger partial charge in [0.05, 0.1) is 4.92 Å². The summed E-state index contributed by atoms with van der Waals surface area (Å²) in [7, 11) is 0. The van der Waals surface area contributed by atoms with Crippen molar-refractivity contribution in [1.82, 2.24) is 5.32 Å². The van der Waals surface area contributed by atoms with E-state index in [1.165, 1.54) is 12.1 Å². The Morgan fingerprint density at radius 1 is 1.38 bits per heavy atom. The molecule has 1 aliphatic rings. The number of amides is 1. The summed E-state index contributed by atoms with van der Waals surface area (Å²) in [6, 6.07) is 6.34. The van der Waals surface area contributed by atoms with Gasteiger partial charge in [0.1, 0.15) is 0 Å². The highest BCUT2D eigenvalue weighted by Crippen LogP contribution is 2.24. The molecule has 1 saturated carbocycles. The van der Waals surface area contributed by atoms with Crippen LogP contribution in [0.4, 0.5) is 11.4 Å². The number of rotatable bonds is 7. The first-order valence-electron chi connectivity index (χ1n) is 8.39. The Morgan fingerprint density at radius 2 is 2.08 bits per heavy atom. The highest BCUT2D eigenvalue weighted by molar-refractivity contribution is 5.91. The fourth-order valence-electron chi connectivity index (χ4n) is 3.16. The van der Waals surface area contributed by atoms with Crippen molar-refractivity contribution in [3.63, 3.8) is 0 Å². The number of nitrogens with zero attached hydrogens (tertiary/aromatic N) is 1. The second-order valence-corrected chi connectivity index (χ2v) is 6.53. The van der Waals surface area contributed by atoms with Crippen LogP contribution in [0.15, 0.2) is 24.3 Å². The third-order valence-corrected chi connectivity index (χ3v) is 4.46. The minimum atomic E-state index is -0.484. The predicted octanol–water partition coefficient (Wildman–Crippen LogP) is 2.45. The lowest BCUT2D eigenvalue weighted by Crippen LogP contribution is -2.41. The Hall–Kier alpha value is -1.99. The Balaban J connectivity index is 1.77. The molecule has 2 rings (SSSR count). The molecule has 0 aliphatic heterocycles. The molecule has 132 valence electrons. The van der Waals surface area contributed by atoms with Crippen molar-refractivity contribution < 1.29 is 14.8 Å². The average molecular weight is 335 g/mol. The quantitative estimate of drug-likeness (QED) is 0.524. The van der Waals surface area contributed by atoms with Gasteiger partial charge in [-0.1, -0.05) is 6.07 Å². The first kappa shape index (κ1) is 18.4. The fraction of sp³-hybridized carbons (Fsp3) is 0.588. The van der Waals surface area contributed by atoms with Gasteiger partial charge in [-0.05, 0) is 44.6 Å². The highest BCUT2D eigenvalue weighted by Gasteiger charge is 2.22. The summed E-state index contributed by atoms with van der Waals surface area (Å²) in [5, 5.41) is 26.1. The number of hydrogen-bond acceptors (Lipinski definition) is 5. The minimum absolute atomic E-state index is 0.0272. The maximum absolute atomic E-state index is 12.1. The van der Waals surface area contributed by atoms with Crippen LogP contribution >= 0.6 is 0 Å². The van der Waals surface area contributed by atoms with Crippen LogP contribution in [0, 0.1) is 16.0 Å². The van der Waals surface area contributed by atoms with E-state index < -0.39 is 4.92 Å². The number of anilines is 1. The molecule has 0 aromatic heterocycles. The molecule has 7 heteroatoms. The molecule has 1 aliphatic carbocycles. The summed E-state index contributed by atoms with van der Waals surface area (Å²) in [6.45, 7) is 2.22. The molecule has 1 atom stereocenters. The summed E-state index contributed by atoms with van der Waals surface area (Å²) in [5.41, 5.74) is 0.393. The first-order chi connectivity index (χ1) is 11.5. The third-order valence-electron chi connectivity index (χ3n) is 4.46. The van der Waals surface area contributed by atoms with Gasteiger partial charge in [0.25, 0.3) is 5.69 Å². The maximum Gasteiger partial charge on any atom is 0.271 e. The van der Waals surface area contributed by atoms with Gasteiger partial charge in [0.15, 0.2) is 0 Å². The zero-order chi connectivity index (χ0) is 17.5. The molecule has 0 heterocycles. The van der Waals surface area contributed by atoms with E-state index in [9.17, 15) is 14.9 Å². The number of nitro groups is 1. The van der Waals surface area contributed by atoms with Gasteiger partial charge in [-0.25, -0.2) is 0 Å². The Morgan fingerprint density at radius 3 is 2.71 bits per heavy atom. The van der Waals surface area contributed by atoms with Crippen LogP contribution in [-0.2, 0) is 4.79 Å². The van der Waals surface area contributed by atoms with Crippen molar-refractivity contribution in [2.75, 3.05) is 11.9 Å².